The summed E-state index contributed by atoms with van der Waals surface area (Å²) >= 11 is 1.53. The summed E-state index contributed by atoms with van der Waals surface area (Å²) in [7, 11) is 0. The Labute approximate surface area is 109 Å². The quantitative estimate of drug-likeness (QED) is 0.746. The summed E-state index contributed by atoms with van der Waals surface area (Å²) in [5, 5.41) is 12.2. The van der Waals surface area contributed by atoms with Crippen molar-refractivity contribution in [3.05, 3.63) is 60.9 Å². The molecule has 2 aromatic carbocycles. The second-order valence-corrected chi connectivity index (χ2v) is 5.01. The van der Waals surface area contributed by atoms with Gasteiger partial charge in [-0.1, -0.05) is 42.1 Å². The maximum Gasteiger partial charge on any atom is 0.130 e. The van der Waals surface area contributed by atoms with E-state index in [0.29, 0.717) is 5.75 Å². The zero-order valence-corrected chi connectivity index (χ0v) is 10.4. The van der Waals surface area contributed by atoms with Crippen LogP contribution in [0.4, 0.5) is 0 Å². The lowest BCUT2D eigenvalue weighted by molar-refractivity contribution is 0.464. The highest BCUT2D eigenvalue weighted by atomic mass is 32.2. The number of pyridine rings is 1. The third-order valence-corrected chi connectivity index (χ3v) is 3.82. The van der Waals surface area contributed by atoms with E-state index in [1.54, 1.807) is 18.5 Å². The molecule has 0 radical (unpaired) electrons. The molecule has 2 nitrogen and oxygen atoms in total. The van der Waals surface area contributed by atoms with Crippen LogP contribution in [0.3, 0.4) is 0 Å². The molecule has 88 valence electrons. The van der Waals surface area contributed by atoms with Crippen molar-refractivity contribution in [2.75, 3.05) is 0 Å². The van der Waals surface area contributed by atoms with Crippen molar-refractivity contribution in [2.45, 2.75) is 9.79 Å². The van der Waals surface area contributed by atoms with E-state index in [1.807, 2.05) is 42.5 Å². The summed E-state index contributed by atoms with van der Waals surface area (Å²) in [6, 6.07) is 15.6. The molecule has 1 heterocycles. The standard InChI is InChI=1S/C15H11NOS/c17-14-8-7-11-4-1-2-6-13(11)15(14)18-12-5-3-9-16-10-12/h1-10,17H. The SMILES string of the molecule is Oc1ccc2ccccc2c1Sc1cccnc1. The second kappa shape index (κ2) is 4.70. The van der Waals surface area contributed by atoms with Crippen LogP contribution in [0.15, 0.2) is 70.7 Å². The van der Waals surface area contributed by atoms with Crippen LogP contribution in [0.25, 0.3) is 10.8 Å². The molecule has 0 fully saturated rings. The molecule has 0 bridgehead atoms. The molecule has 3 heteroatoms. The van der Waals surface area contributed by atoms with E-state index in [2.05, 4.69) is 4.98 Å². The van der Waals surface area contributed by atoms with E-state index in [1.165, 1.54) is 11.8 Å². The molecule has 3 rings (SSSR count). The van der Waals surface area contributed by atoms with Gasteiger partial charge in [-0.25, -0.2) is 0 Å². The molecular formula is C15H11NOS. The number of aromatic nitrogens is 1. The Hall–Kier alpha value is -2.00. The summed E-state index contributed by atoms with van der Waals surface area (Å²) in [5.74, 6) is 0.308. The molecular weight excluding hydrogens is 242 g/mol. The van der Waals surface area contributed by atoms with E-state index < -0.39 is 0 Å². The minimum atomic E-state index is 0.308. The van der Waals surface area contributed by atoms with Crippen molar-refractivity contribution in [1.82, 2.24) is 4.98 Å². The van der Waals surface area contributed by atoms with Gasteiger partial charge >= 0.3 is 0 Å². The summed E-state index contributed by atoms with van der Waals surface area (Å²) < 4.78 is 0. The van der Waals surface area contributed by atoms with Crippen molar-refractivity contribution < 1.29 is 5.11 Å². The van der Waals surface area contributed by atoms with Crippen molar-refractivity contribution in [3.63, 3.8) is 0 Å². The topological polar surface area (TPSA) is 33.1 Å². The predicted octanol–water partition coefficient (Wildman–Crippen LogP) is 4.09. The first kappa shape index (κ1) is 11.1. The summed E-state index contributed by atoms with van der Waals surface area (Å²) in [6.07, 6.45) is 3.54. The Morgan fingerprint density at radius 2 is 1.83 bits per heavy atom. The average molecular weight is 253 g/mol. The lowest BCUT2D eigenvalue weighted by Gasteiger charge is -2.08. The van der Waals surface area contributed by atoms with Crippen molar-refractivity contribution in [3.8, 4) is 5.75 Å². The predicted molar refractivity (Wildman–Crippen MR) is 74.0 cm³/mol. The minimum Gasteiger partial charge on any atom is -0.507 e. The number of hydrogen-bond donors (Lipinski definition) is 1. The van der Waals surface area contributed by atoms with Gasteiger partial charge in [0, 0.05) is 17.3 Å². The minimum absolute atomic E-state index is 0.308. The third-order valence-electron chi connectivity index (χ3n) is 2.71. The first-order chi connectivity index (χ1) is 8.84. The molecule has 0 aliphatic rings. The highest BCUT2D eigenvalue weighted by molar-refractivity contribution is 7.99. The molecule has 0 aliphatic carbocycles. The summed E-state index contributed by atoms with van der Waals surface area (Å²) in [5.41, 5.74) is 0. The molecule has 0 atom stereocenters. The smallest absolute Gasteiger partial charge is 0.130 e. The van der Waals surface area contributed by atoms with E-state index in [4.69, 9.17) is 0 Å². The highest BCUT2D eigenvalue weighted by Crippen LogP contribution is 2.39. The fourth-order valence-electron chi connectivity index (χ4n) is 1.86. The van der Waals surface area contributed by atoms with Crippen LogP contribution in [-0.2, 0) is 0 Å². The van der Waals surface area contributed by atoms with Crippen LogP contribution in [0.5, 0.6) is 5.75 Å². The highest BCUT2D eigenvalue weighted by Gasteiger charge is 2.08. The van der Waals surface area contributed by atoms with Crippen molar-refractivity contribution in [1.29, 1.82) is 0 Å². The molecule has 1 N–H and O–H groups in total. The molecule has 0 spiro atoms. The molecule has 1 aromatic heterocycles. The summed E-state index contributed by atoms with van der Waals surface area (Å²) in [6.45, 7) is 0. The molecule has 0 amide bonds. The molecule has 18 heavy (non-hydrogen) atoms. The Morgan fingerprint density at radius 1 is 0.944 bits per heavy atom. The molecule has 0 saturated heterocycles. The van der Waals surface area contributed by atoms with Crippen LogP contribution in [0, 0.1) is 0 Å². The molecule has 3 aromatic rings. The normalized spacial score (nSPS) is 10.7. The number of aromatic hydroxyl groups is 1. The van der Waals surface area contributed by atoms with Gasteiger partial charge in [-0.3, -0.25) is 4.98 Å². The lowest BCUT2D eigenvalue weighted by Crippen LogP contribution is -1.80. The molecule has 0 unspecified atom stereocenters. The van der Waals surface area contributed by atoms with Gasteiger partial charge in [0.1, 0.15) is 5.75 Å². The number of phenols is 1. The van der Waals surface area contributed by atoms with Crippen LogP contribution in [0.1, 0.15) is 0 Å². The number of nitrogens with zero attached hydrogens (tertiary/aromatic N) is 1. The van der Waals surface area contributed by atoms with Gasteiger partial charge in [0.15, 0.2) is 0 Å². The summed E-state index contributed by atoms with van der Waals surface area (Å²) in [4.78, 5) is 5.98. The van der Waals surface area contributed by atoms with Crippen LogP contribution >= 0.6 is 11.8 Å². The number of benzene rings is 2. The van der Waals surface area contributed by atoms with Gasteiger partial charge < -0.3 is 5.11 Å². The van der Waals surface area contributed by atoms with Gasteiger partial charge in [-0.2, -0.15) is 0 Å². The van der Waals surface area contributed by atoms with Gasteiger partial charge in [0.25, 0.3) is 0 Å². The van der Waals surface area contributed by atoms with E-state index in [-0.39, 0.29) is 0 Å². The number of hydrogen-bond acceptors (Lipinski definition) is 3. The monoisotopic (exact) mass is 253 g/mol. The Bertz CT molecular complexity index is 682. The average Bonchev–Trinajstić information content (AvgIpc) is 2.43. The van der Waals surface area contributed by atoms with Crippen molar-refractivity contribution in [2.24, 2.45) is 0 Å². The van der Waals surface area contributed by atoms with E-state index >= 15 is 0 Å². The van der Waals surface area contributed by atoms with Crippen LogP contribution in [0.2, 0.25) is 0 Å². The largest absolute Gasteiger partial charge is 0.507 e. The zero-order chi connectivity index (χ0) is 12.4. The fourth-order valence-corrected chi connectivity index (χ4v) is 2.83. The second-order valence-electron chi connectivity index (χ2n) is 3.93. The van der Waals surface area contributed by atoms with Gasteiger partial charge in [-0.15, -0.1) is 0 Å². The van der Waals surface area contributed by atoms with E-state index in [0.717, 1.165) is 20.6 Å². The number of rotatable bonds is 2. The number of phenolic OH excluding ortho intramolecular Hbond substituents is 1. The Balaban J connectivity index is 2.13. The van der Waals surface area contributed by atoms with Gasteiger partial charge in [-0.05, 0) is 29.0 Å². The molecule has 0 aliphatic heterocycles. The fraction of sp³-hybridized carbons (Fsp3) is 0. The van der Waals surface area contributed by atoms with Crippen molar-refractivity contribution >= 4 is 22.5 Å². The third kappa shape index (κ3) is 2.05. The Kier molecular flexibility index (Phi) is 2.90. The van der Waals surface area contributed by atoms with Gasteiger partial charge in [0.2, 0.25) is 0 Å². The molecule has 0 saturated carbocycles. The van der Waals surface area contributed by atoms with Crippen LogP contribution in [-0.4, -0.2) is 10.1 Å². The van der Waals surface area contributed by atoms with Gasteiger partial charge in [0.05, 0.1) is 4.90 Å². The van der Waals surface area contributed by atoms with E-state index in [9.17, 15) is 5.11 Å². The Morgan fingerprint density at radius 3 is 2.67 bits per heavy atom. The first-order valence-electron chi connectivity index (χ1n) is 5.63. The lowest BCUT2D eigenvalue weighted by atomic mass is 10.1. The maximum atomic E-state index is 10.0. The van der Waals surface area contributed by atoms with Crippen LogP contribution < -0.4 is 0 Å². The maximum absolute atomic E-state index is 10.0. The first-order valence-corrected chi connectivity index (χ1v) is 6.45. The number of fused-ring (bicyclic) bond motifs is 1. The zero-order valence-electron chi connectivity index (χ0n) is 9.58.